The van der Waals surface area contributed by atoms with Gasteiger partial charge in [0.1, 0.15) is 18.4 Å². The third-order valence-corrected chi connectivity index (χ3v) is 8.01. The zero-order valence-corrected chi connectivity index (χ0v) is 23.2. The van der Waals surface area contributed by atoms with E-state index in [9.17, 15) is 19.2 Å². The van der Waals surface area contributed by atoms with E-state index in [0.29, 0.717) is 42.5 Å². The molecule has 0 spiro atoms. The molecule has 1 aliphatic carbocycles. The molecule has 5 N–H and O–H groups in total. The van der Waals surface area contributed by atoms with Crippen LogP contribution in [0.5, 0.6) is 5.75 Å². The van der Waals surface area contributed by atoms with Gasteiger partial charge in [-0.25, -0.2) is 4.79 Å². The molecule has 216 valence electrons. The van der Waals surface area contributed by atoms with Crippen LogP contribution in [0.4, 0.5) is 10.5 Å². The number of imide groups is 1. The van der Waals surface area contributed by atoms with Crippen LogP contribution in [0, 0.1) is 0 Å². The molecule has 3 aromatic carbocycles. The van der Waals surface area contributed by atoms with Crippen LogP contribution in [0.25, 0.3) is 0 Å². The summed E-state index contributed by atoms with van der Waals surface area (Å²) in [5.41, 5.74) is 12.2. The lowest BCUT2D eigenvalue weighted by atomic mass is 10.0. The fraction of sp³-hybridized carbons (Fsp3) is 0.312. The molecule has 2 fully saturated rings. The van der Waals surface area contributed by atoms with Gasteiger partial charge in [-0.05, 0) is 83.3 Å². The van der Waals surface area contributed by atoms with Crippen LogP contribution in [0.15, 0.2) is 60.7 Å². The first-order chi connectivity index (χ1) is 20.4. The number of anilines is 1. The molecule has 1 unspecified atom stereocenters. The fourth-order valence-electron chi connectivity index (χ4n) is 5.57. The molecule has 0 bridgehead atoms. The minimum Gasteiger partial charge on any atom is -0.489 e. The minimum atomic E-state index is -0.658. The number of hydrogen-bond acceptors (Lipinski definition) is 6. The number of rotatable bonds is 9. The number of benzene rings is 3. The van der Waals surface area contributed by atoms with E-state index in [4.69, 9.17) is 10.5 Å². The van der Waals surface area contributed by atoms with E-state index >= 15 is 0 Å². The number of nitrogens with zero attached hydrogens (tertiary/aromatic N) is 1. The average Bonchev–Trinajstić information content (AvgIpc) is 3.79. The van der Waals surface area contributed by atoms with Crippen LogP contribution in [-0.2, 0) is 35.8 Å². The van der Waals surface area contributed by atoms with Crippen molar-refractivity contribution in [1.29, 1.82) is 0 Å². The molecule has 0 aromatic heterocycles. The number of urea groups is 1. The van der Waals surface area contributed by atoms with Crippen LogP contribution in [0.1, 0.15) is 69.8 Å². The van der Waals surface area contributed by atoms with Gasteiger partial charge in [-0.15, -0.1) is 0 Å². The molecule has 1 atom stereocenters. The molecule has 10 heteroatoms. The van der Waals surface area contributed by atoms with Gasteiger partial charge in [0.05, 0.1) is 0 Å². The van der Waals surface area contributed by atoms with E-state index in [-0.39, 0.29) is 37.4 Å². The van der Waals surface area contributed by atoms with Gasteiger partial charge >= 0.3 is 6.03 Å². The summed E-state index contributed by atoms with van der Waals surface area (Å²) in [6.45, 7) is 1.55. The van der Waals surface area contributed by atoms with Crippen molar-refractivity contribution in [3.63, 3.8) is 0 Å². The number of hydrogen-bond donors (Lipinski definition) is 4. The van der Waals surface area contributed by atoms with Gasteiger partial charge in [-0.3, -0.25) is 19.7 Å². The predicted octanol–water partition coefficient (Wildman–Crippen LogP) is 3.68. The van der Waals surface area contributed by atoms with E-state index in [1.165, 1.54) is 28.9 Å². The van der Waals surface area contributed by atoms with Crippen molar-refractivity contribution >= 4 is 29.4 Å². The summed E-state index contributed by atoms with van der Waals surface area (Å²) in [5.74, 6) is 0.336. The molecule has 5 amide bonds. The summed E-state index contributed by atoms with van der Waals surface area (Å²) in [6.07, 6.45) is 2.94. The van der Waals surface area contributed by atoms with E-state index in [1.807, 2.05) is 18.2 Å². The lowest BCUT2D eigenvalue weighted by molar-refractivity contribution is -0.136. The standard InChI is InChI=1S/C32H33N5O5/c33-15-19-1-3-22(27(14-19)21-4-5-21)18-42-25-8-6-24(7-9-25)35-32(41)34-16-20-2-10-26-23(13-20)17-37(31(26)40)28-11-12-29(38)36-30(28)39/h1-3,6-10,13-14,21,28H,4-5,11-12,15-18,33H2,(H2,34,35,41)(H,36,38,39). The largest absolute Gasteiger partial charge is 0.489 e. The lowest BCUT2D eigenvalue weighted by Crippen LogP contribution is -2.52. The van der Waals surface area contributed by atoms with Gasteiger partial charge in [0, 0.05) is 37.3 Å². The third kappa shape index (κ3) is 5.99. The number of nitrogens with two attached hydrogens (primary N) is 1. The summed E-state index contributed by atoms with van der Waals surface area (Å²) < 4.78 is 6.03. The Hall–Kier alpha value is -4.70. The van der Waals surface area contributed by atoms with Crippen LogP contribution >= 0.6 is 0 Å². The highest BCUT2D eigenvalue weighted by Crippen LogP contribution is 2.42. The van der Waals surface area contributed by atoms with Gasteiger partial charge in [0.15, 0.2) is 0 Å². The third-order valence-electron chi connectivity index (χ3n) is 8.01. The van der Waals surface area contributed by atoms with Gasteiger partial charge in [0.25, 0.3) is 5.91 Å². The van der Waals surface area contributed by atoms with Gasteiger partial charge < -0.3 is 26.0 Å². The Balaban J connectivity index is 0.994. The maximum atomic E-state index is 12.9. The molecule has 10 nitrogen and oxygen atoms in total. The van der Waals surface area contributed by atoms with Gasteiger partial charge in [0.2, 0.25) is 11.8 Å². The van der Waals surface area contributed by atoms with E-state index < -0.39 is 11.9 Å². The molecule has 2 heterocycles. The maximum absolute atomic E-state index is 12.9. The molecule has 3 aromatic rings. The summed E-state index contributed by atoms with van der Waals surface area (Å²) in [6, 6.07) is 17.9. The summed E-state index contributed by atoms with van der Waals surface area (Å²) >= 11 is 0. The highest BCUT2D eigenvalue weighted by molar-refractivity contribution is 6.05. The molecule has 2 aliphatic heterocycles. The Morgan fingerprint density at radius 1 is 0.976 bits per heavy atom. The second kappa shape index (κ2) is 11.7. The minimum absolute atomic E-state index is 0.210. The molecule has 6 rings (SSSR count). The SMILES string of the molecule is NCc1ccc(COc2ccc(NC(=O)NCc3ccc4c(c3)CN(C3CCC(=O)NC3=O)C4=O)cc2)c(C2CC2)c1. The number of ether oxygens (including phenoxy) is 1. The van der Waals surface area contributed by atoms with Crippen molar-refractivity contribution in [1.82, 2.24) is 15.5 Å². The van der Waals surface area contributed by atoms with E-state index in [2.05, 4.69) is 34.1 Å². The maximum Gasteiger partial charge on any atom is 0.319 e. The lowest BCUT2D eigenvalue weighted by Gasteiger charge is -2.29. The van der Waals surface area contributed by atoms with Crippen molar-refractivity contribution < 1.29 is 23.9 Å². The van der Waals surface area contributed by atoms with E-state index in [1.54, 1.807) is 24.3 Å². The molecule has 0 radical (unpaired) electrons. The highest BCUT2D eigenvalue weighted by Gasteiger charge is 2.39. The summed E-state index contributed by atoms with van der Waals surface area (Å²) in [4.78, 5) is 50.7. The first-order valence-corrected chi connectivity index (χ1v) is 14.2. The first kappa shape index (κ1) is 27.5. The number of carbonyl (C=O) groups excluding carboxylic acids is 4. The second-order valence-electron chi connectivity index (χ2n) is 11.0. The number of piperidine rings is 1. The molecule has 1 saturated carbocycles. The first-order valence-electron chi connectivity index (χ1n) is 14.2. The van der Waals surface area contributed by atoms with E-state index in [0.717, 1.165) is 16.7 Å². The van der Waals surface area contributed by atoms with Crippen molar-refractivity contribution in [2.24, 2.45) is 5.73 Å². The molecule has 3 aliphatic rings. The normalized spacial score (nSPS) is 18.0. The second-order valence-corrected chi connectivity index (χ2v) is 11.0. The predicted molar refractivity (Wildman–Crippen MR) is 155 cm³/mol. The van der Waals surface area contributed by atoms with Crippen LogP contribution in [-0.4, -0.2) is 34.7 Å². The Bertz CT molecular complexity index is 1550. The fourth-order valence-corrected chi connectivity index (χ4v) is 5.57. The van der Waals surface area contributed by atoms with Gasteiger partial charge in [-0.2, -0.15) is 0 Å². The zero-order valence-electron chi connectivity index (χ0n) is 23.2. The van der Waals surface area contributed by atoms with Crippen LogP contribution in [0.3, 0.4) is 0 Å². The Labute approximate surface area is 243 Å². The van der Waals surface area contributed by atoms with Gasteiger partial charge in [-0.1, -0.05) is 30.3 Å². The van der Waals surface area contributed by atoms with Crippen LogP contribution in [0.2, 0.25) is 0 Å². The van der Waals surface area contributed by atoms with Crippen molar-refractivity contribution in [2.75, 3.05) is 5.32 Å². The monoisotopic (exact) mass is 567 g/mol. The summed E-state index contributed by atoms with van der Waals surface area (Å²) in [5, 5.41) is 7.97. The number of nitrogens with one attached hydrogen (secondary N) is 3. The van der Waals surface area contributed by atoms with Crippen molar-refractivity contribution in [3.8, 4) is 5.75 Å². The van der Waals surface area contributed by atoms with Crippen molar-refractivity contribution in [2.45, 2.75) is 63.9 Å². The number of carbonyl (C=O) groups is 4. The summed E-state index contributed by atoms with van der Waals surface area (Å²) in [7, 11) is 0. The molecule has 1 saturated heterocycles. The molecular formula is C32H33N5O5. The van der Waals surface area contributed by atoms with Crippen molar-refractivity contribution in [3.05, 3.63) is 94.0 Å². The number of fused-ring (bicyclic) bond motifs is 1. The average molecular weight is 568 g/mol. The topological polar surface area (TPSA) is 143 Å². The Morgan fingerprint density at radius 2 is 1.76 bits per heavy atom. The van der Waals surface area contributed by atoms with Crippen LogP contribution < -0.4 is 26.4 Å². The smallest absolute Gasteiger partial charge is 0.319 e. The quantitative estimate of drug-likeness (QED) is 0.291. The number of amides is 5. The zero-order chi connectivity index (χ0) is 29.2. The Kier molecular flexibility index (Phi) is 7.62. The highest BCUT2D eigenvalue weighted by atomic mass is 16.5. The molecule has 42 heavy (non-hydrogen) atoms. The Morgan fingerprint density at radius 3 is 2.50 bits per heavy atom. The molecular weight excluding hydrogens is 534 g/mol.